The minimum absolute atomic E-state index is 0.0786. The van der Waals surface area contributed by atoms with Crippen molar-refractivity contribution >= 4 is 34.4 Å². The monoisotopic (exact) mass is 362 g/mol. The van der Waals surface area contributed by atoms with Gasteiger partial charge in [-0.3, -0.25) is 10.1 Å². The number of benzene rings is 2. The molecule has 0 aliphatic carbocycles. The second-order valence-corrected chi connectivity index (χ2v) is 5.37. The topological polar surface area (TPSA) is 105 Å². The van der Waals surface area contributed by atoms with Crippen molar-refractivity contribution in [1.29, 1.82) is 0 Å². The zero-order chi connectivity index (χ0) is 18.1. The summed E-state index contributed by atoms with van der Waals surface area (Å²) < 4.78 is 15.4. The fourth-order valence-electron chi connectivity index (χ4n) is 2.31. The van der Waals surface area contributed by atoms with Crippen LogP contribution in [0.4, 0.5) is 5.69 Å². The Bertz CT molecular complexity index is 998. The summed E-state index contributed by atoms with van der Waals surface area (Å²) >= 11 is 6.09. The molecule has 9 heteroatoms. The Morgan fingerprint density at radius 1 is 1.28 bits per heavy atom. The normalized spacial score (nSPS) is 10.7. The van der Waals surface area contributed by atoms with Crippen molar-refractivity contribution < 1.29 is 23.6 Å². The highest BCUT2D eigenvalue weighted by molar-refractivity contribution is 6.32. The maximum absolute atomic E-state index is 11.9. The quantitative estimate of drug-likeness (QED) is 0.394. The number of fused-ring (bicyclic) bond motifs is 1. The molecule has 0 saturated carbocycles. The Hall–Kier alpha value is -3.13. The number of ether oxygens (including phenoxy) is 2. The van der Waals surface area contributed by atoms with Crippen molar-refractivity contribution in [3.8, 4) is 17.2 Å². The van der Waals surface area contributed by atoms with E-state index in [-0.39, 0.29) is 28.2 Å². The zero-order valence-electron chi connectivity index (χ0n) is 13.1. The van der Waals surface area contributed by atoms with Gasteiger partial charge in [-0.05, 0) is 18.2 Å². The Morgan fingerprint density at radius 3 is 2.64 bits per heavy atom. The third-order valence-corrected chi connectivity index (χ3v) is 3.79. The Morgan fingerprint density at radius 2 is 2.04 bits per heavy atom. The second kappa shape index (κ2) is 6.40. The Labute approximate surface area is 146 Å². The molecule has 0 N–H and O–H groups in total. The van der Waals surface area contributed by atoms with Crippen molar-refractivity contribution in [3.05, 3.63) is 51.0 Å². The van der Waals surface area contributed by atoms with Crippen LogP contribution in [0.2, 0.25) is 5.02 Å². The van der Waals surface area contributed by atoms with Crippen molar-refractivity contribution in [2.45, 2.75) is 0 Å². The number of carbonyl (C=O) groups is 1. The number of esters is 1. The number of nitro benzene ring substituents is 1. The van der Waals surface area contributed by atoms with E-state index in [1.165, 1.54) is 20.3 Å². The lowest BCUT2D eigenvalue weighted by atomic mass is 10.1. The van der Waals surface area contributed by atoms with Gasteiger partial charge in [0.05, 0.1) is 24.2 Å². The Kier molecular flexibility index (Phi) is 4.28. The van der Waals surface area contributed by atoms with Gasteiger partial charge in [0.1, 0.15) is 16.8 Å². The number of hydrogen-bond donors (Lipinski definition) is 0. The van der Waals surface area contributed by atoms with E-state index >= 15 is 0 Å². The van der Waals surface area contributed by atoms with Crippen molar-refractivity contribution in [1.82, 2.24) is 4.98 Å². The highest BCUT2D eigenvalue weighted by Gasteiger charge is 2.22. The summed E-state index contributed by atoms with van der Waals surface area (Å²) in [6.45, 7) is 0. The van der Waals surface area contributed by atoms with E-state index in [4.69, 9.17) is 20.8 Å². The largest absolute Gasteiger partial charge is 0.495 e. The summed E-state index contributed by atoms with van der Waals surface area (Å²) in [5.41, 5.74) is 0.418. The first-order valence-corrected chi connectivity index (χ1v) is 7.33. The molecule has 0 fully saturated rings. The van der Waals surface area contributed by atoms with Crippen LogP contribution in [0.25, 0.3) is 22.6 Å². The second-order valence-electron chi connectivity index (χ2n) is 4.96. The van der Waals surface area contributed by atoms with Crippen LogP contribution in [0, 0.1) is 10.1 Å². The molecular weight excluding hydrogens is 352 g/mol. The molecule has 0 amide bonds. The van der Waals surface area contributed by atoms with E-state index < -0.39 is 10.9 Å². The lowest BCUT2D eigenvalue weighted by molar-refractivity contribution is -0.384. The summed E-state index contributed by atoms with van der Waals surface area (Å²) in [7, 11) is 2.66. The predicted molar refractivity (Wildman–Crippen MR) is 89.0 cm³/mol. The summed E-state index contributed by atoms with van der Waals surface area (Å²) in [6.07, 6.45) is 0. The van der Waals surface area contributed by atoms with Gasteiger partial charge in [0.15, 0.2) is 5.58 Å². The van der Waals surface area contributed by atoms with Gasteiger partial charge in [-0.2, -0.15) is 0 Å². The predicted octanol–water partition coefficient (Wildman–Crippen LogP) is 3.85. The van der Waals surface area contributed by atoms with Gasteiger partial charge in [-0.1, -0.05) is 11.6 Å². The lowest BCUT2D eigenvalue weighted by Gasteiger charge is -2.03. The first-order chi connectivity index (χ1) is 11.9. The van der Waals surface area contributed by atoms with Crippen molar-refractivity contribution in [2.24, 2.45) is 0 Å². The average molecular weight is 363 g/mol. The van der Waals surface area contributed by atoms with Gasteiger partial charge < -0.3 is 13.9 Å². The van der Waals surface area contributed by atoms with Crippen LogP contribution in [-0.2, 0) is 4.74 Å². The van der Waals surface area contributed by atoms with E-state index in [2.05, 4.69) is 9.72 Å². The molecule has 0 spiro atoms. The van der Waals surface area contributed by atoms with Crippen LogP contribution in [-0.4, -0.2) is 30.1 Å². The SMILES string of the molecule is COC(=O)c1cc([N+](=O)[O-])cc2nc(-c3ccc(OC)c(Cl)c3)oc12. The van der Waals surface area contributed by atoms with Crippen LogP contribution in [0.3, 0.4) is 0 Å². The van der Waals surface area contributed by atoms with Crippen LogP contribution in [0.15, 0.2) is 34.7 Å². The van der Waals surface area contributed by atoms with E-state index in [1.807, 2.05) is 0 Å². The van der Waals surface area contributed by atoms with E-state index in [1.54, 1.807) is 18.2 Å². The minimum atomic E-state index is -0.760. The summed E-state index contributed by atoms with van der Waals surface area (Å²) in [5.74, 6) is -0.123. The van der Waals surface area contributed by atoms with Gasteiger partial charge in [0, 0.05) is 17.7 Å². The fraction of sp³-hybridized carbons (Fsp3) is 0.125. The molecule has 0 unspecified atom stereocenters. The number of rotatable bonds is 4. The number of aromatic nitrogens is 1. The smallest absolute Gasteiger partial charge is 0.342 e. The highest BCUT2D eigenvalue weighted by Crippen LogP contribution is 2.33. The molecule has 25 heavy (non-hydrogen) atoms. The molecular formula is C16H11ClN2O6. The van der Waals surface area contributed by atoms with E-state index in [0.29, 0.717) is 16.3 Å². The summed E-state index contributed by atoms with van der Waals surface area (Å²) in [5, 5.41) is 11.4. The number of hydrogen-bond acceptors (Lipinski definition) is 7. The van der Waals surface area contributed by atoms with Crippen LogP contribution >= 0.6 is 11.6 Å². The van der Waals surface area contributed by atoms with Crippen molar-refractivity contribution in [3.63, 3.8) is 0 Å². The molecule has 3 rings (SSSR count). The molecule has 128 valence electrons. The number of non-ortho nitro benzene ring substituents is 1. The molecule has 0 aliphatic rings. The van der Waals surface area contributed by atoms with Gasteiger partial charge in [0.2, 0.25) is 5.89 Å². The number of halogens is 1. The van der Waals surface area contributed by atoms with E-state index in [0.717, 1.165) is 6.07 Å². The number of oxazole rings is 1. The zero-order valence-corrected chi connectivity index (χ0v) is 13.9. The molecule has 8 nitrogen and oxygen atoms in total. The summed E-state index contributed by atoms with van der Waals surface area (Å²) in [4.78, 5) is 26.6. The lowest BCUT2D eigenvalue weighted by Crippen LogP contribution is -2.02. The molecule has 0 radical (unpaired) electrons. The molecule has 1 heterocycles. The number of carbonyl (C=O) groups excluding carboxylic acids is 1. The maximum atomic E-state index is 11.9. The maximum Gasteiger partial charge on any atom is 0.342 e. The van der Waals surface area contributed by atoms with Gasteiger partial charge in [-0.15, -0.1) is 0 Å². The van der Waals surface area contributed by atoms with Crippen molar-refractivity contribution in [2.75, 3.05) is 14.2 Å². The first kappa shape index (κ1) is 16.7. The van der Waals surface area contributed by atoms with Crippen LogP contribution < -0.4 is 4.74 Å². The van der Waals surface area contributed by atoms with Gasteiger partial charge in [0.25, 0.3) is 5.69 Å². The average Bonchev–Trinajstić information content (AvgIpc) is 3.04. The van der Waals surface area contributed by atoms with Crippen LogP contribution in [0.5, 0.6) is 5.75 Å². The van der Waals surface area contributed by atoms with Gasteiger partial charge >= 0.3 is 5.97 Å². The number of methoxy groups -OCH3 is 2. The molecule has 0 saturated heterocycles. The molecule has 1 aromatic heterocycles. The third kappa shape index (κ3) is 2.99. The molecule has 3 aromatic rings. The molecule has 0 bridgehead atoms. The molecule has 0 atom stereocenters. The number of nitro groups is 1. The van der Waals surface area contributed by atoms with E-state index in [9.17, 15) is 14.9 Å². The fourth-order valence-corrected chi connectivity index (χ4v) is 2.57. The molecule has 2 aromatic carbocycles. The standard InChI is InChI=1S/C16H11ClN2O6/c1-23-13-4-3-8(5-11(13)17)15-18-12-7-9(19(21)22)6-10(14(12)25-15)16(20)24-2/h3-7H,1-2H3. The van der Waals surface area contributed by atoms with Gasteiger partial charge in [-0.25, -0.2) is 9.78 Å². The summed E-state index contributed by atoms with van der Waals surface area (Å²) in [6, 6.07) is 7.19. The highest BCUT2D eigenvalue weighted by atomic mass is 35.5. The number of nitrogens with zero attached hydrogens (tertiary/aromatic N) is 2. The third-order valence-electron chi connectivity index (χ3n) is 3.49. The minimum Gasteiger partial charge on any atom is -0.495 e. The van der Waals surface area contributed by atoms with Crippen LogP contribution in [0.1, 0.15) is 10.4 Å². The first-order valence-electron chi connectivity index (χ1n) is 6.95. The molecule has 0 aliphatic heterocycles. The Balaban J connectivity index is 2.20.